The Balaban J connectivity index is 2.40. The van der Waals surface area contributed by atoms with Crippen LogP contribution in [-0.4, -0.2) is 17.9 Å². The first-order chi connectivity index (χ1) is 8.22. The van der Waals surface area contributed by atoms with Gasteiger partial charge in [-0.2, -0.15) is 0 Å². The smallest absolute Gasteiger partial charge is 0.211 e. The lowest BCUT2D eigenvalue weighted by Gasteiger charge is -2.05. The first-order valence-electron chi connectivity index (χ1n) is 5.33. The first kappa shape index (κ1) is 11.3. The zero-order valence-corrected chi connectivity index (χ0v) is 9.81. The molecular formula is C14H13NO2. The van der Waals surface area contributed by atoms with Crippen LogP contribution >= 0.6 is 0 Å². The van der Waals surface area contributed by atoms with Gasteiger partial charge in [0.1, 0.15) is 11.4 Å². The number of carbonyl (C=O) groups is 1. The number of ketones is 1. The van der Waals surface area contributed by atoms with Crippen LogP contribution in [0.5, 0.6) is 5.75 Å². The maximum absolute atomic E-state index is 12.2. The van der Waals surface area contributed by atoms with Gasteiger partial charge < -0.3 is 4.74 Å². The maximum atomic E-state index is 12.2. The second-order valence-corrected chi connectivity index (χ2v) is 3.73. The fraction of sp³-hybridized carbons (Fsp3) is 0.143. The molecule has 0 spiro atoms. The van der Waals surface area contributed by atoms with E-state index in [-0.39, 0.29) is 5.78 Å². The Bertz CT molecular complexity index is 549. The standard InChI is InChI=1S/C14H13NO2/c1-10-5-4-8-15-13(10)14(16)11-6-3-7-12(9-11)17-2/h3-9H,1-2H3. The molecule has 0 radical (unpaired) electrons. The van der Waals surface area contributed by atoms with Crippen LogP contribution in [0.4, 0.5) is 0 Å². The molecule has 0 amide bonds. The van der Waals surface area contributed by atoms with E-state index in [1.807, 2.05) is 25.1 Å². The molecule has 2 rings (SSSR count). The highest BCUT2D eigenvalue weighted by Gasteiger charge is 2.13. The molecule has 0 saturated carbocycles. The summed E-state index contributed by atoms with van der Waals surface area (Å²) in [7, 11) is 1.58. The summed E-state index contributed by atoms with van der Waals surface area (Å²) >= 11 is 0. The largest absolute Gasteiger partial charge is 0.497 e. The zero-order chi connectivity index (χ0) is 12.3. The quantitative estimate of drug-likeness (QED) is 0.757. The van der Waals surface area contributed by atoms with Gasteiger partial charge >= 0.3 is 0 Å². The van der Waals surface area contributed by atoms with Gasteiger partial charge in [-0.15, -0.1) is 0 Å². The van der Waals surface area contributed by atoms with Gasteiger partial charge in [-0.3, -0.25) is 9.78 Å². The van der Waals surface area contributed by atoms with Crippen molar-refractivity contribution in [1.29, 1.82) is 0 Å². The van der Waals surface area contributed by atoms with Gasteiger partial charge in [-0.1, -0.05) is 18.2 Å². The molecule has 1 heterocycles. The predicted molar refractivity (Wildman–Crippen MR) is 65.4 cm³/mol. The third-order valence-electron chi connectivity index (χ3n) is 2.56. The van der Waals surface area contributed by atoms with E-state index in [4.69, 9.17) is 4.74 Å². The summed E-state index contributed by atoms with van der Waals surface area (Å²) in [5, 5.41) is 0. The number of carbonyl (C=O) groups excluding carboxylic acids is 1. The van der Waals surface area contributed by atoms with E-state index in [9.17, 15) is 4.79 Å². The Morgan fingerprint density at radius 3 is 2.76 bits per heavy atom. The van der Waals surface area contributed by atoms with Gasteiger partial charge in [-0.25, -0.2) is 0 Å². The molecule has 0 aliphatic heterocycles. The minimum atomic E-state index is -0.0815. The third-order valence-corrected chi connectivity index (χ3v) is 2.56. The van der Waals surface area contributed by atoms with Crippen molar-refractivity contribution in [3.63, 3.8) is 0 Å². The summed E-state index contributed by atoms with van der Waals surface area (Å²) in [4.78, 5) is 16.3. The van der Waals surface area contributed by atoms with E-state index in [1.165, 1.54) is 0 Å². The molecule has 0 bridgehead atoms. The molecule has 0 atom stereocenters. The normalized spacial score (nSPS) is 10.0. The number of ether oxygens (including phenoxy) is 1. The van der Waals surface area contributed by atoms with Crippen molar-refractivity contribution < 1.29 is 9.53 Å². The van der Waals surface area contributed by atoms with Crippen LogP contribution < -0.4 is 4.74 Å². The summed E-state index contributed by atoms with van der Waals surface area (Å²) in [5.41, 5.74) is 1.95. The number of pyridine rings is 1. The molecule has 1 aromatic heterocycles. The maximum Gasteiger partial charge on any atom is 0.211 e. The number of aryl methyl sites for hydroxylation is 1. The van der Waals surface area contributed by atoms with E-state index in [1.54, 1.807) is 31.5 Å². The SMILES string of the molecule is COc1cccc(C(=O)c2ncccc2C)c1. The van der Waals surface area contributed by atoms with Gasteiger partial charge in [0.25, 0.3) is 0 Å². The zero-order valence-electron chi connectivity index (χ0n) is 9.81. The summed E-state index contributed by atoms with van der Waals surface area (Å²) in [6.07, 6.45) is 1.63. The molecule has 0 unspecified atom stereocenters. The summed E-state index contributed by atoms with van der Waals surface area (Å²) in [6.45, 7) is 1.88. The van der Waals surface area contributed by atoms with Crippen molar-refractivity contribution in [3.05, 3.63) is 59.4 Å². The van der Waals surface area contributed by atoms with E-state index < -0.39 is 0 Å². The van der Waals surface area contributed by atoms with E-state index in [0.717, 1.165) is 5.56 Å². The Morgan fingerprint density at radius 1 is 1.24 bits per heavy atom. The van der Waals surface area contributed by atoms with Crippen molar-refractivity contribution in [3.8, 4) is 5.75 Å². The number of nitrogens with zero attached hydrogens (tertiary/aromatic N) is 1. The van der Waals surface area contributed by atoms with Crippen LogP contribution in [-0.2, 0) is 0 Å². The summed E-state index contributed by atoms with van der Waals surface area (Å²) in [6, 6.07) is 10.8. The highest BCUT2D eigenvalue weighted by atomic mass is 16.5. The van der Waals surface area contributed by atoms with Gasteiger partial charge in [0.2, 0.25) is 5.78 Å². The average molecular weight is 227 g/mol. The Labute approximate surface area is 100 Å². The minimum Gasteiger partial charge on any atom is -0.497 e. The molecule has 3 heteroatoms. The molecule has 0 fully saturated rings. The monoisotopic (exact) mass is 227 g/mol. The molecule has 17 heavy (non-hydrogen) atoms. The number of rotatable bonds is 3. The van der Waals surface area contributed by atoms with Crippen LogP contribution in [0.1, 0.15) is 21.6 Å². The molecule has 86 valence electrons. The Kier molecular flexibility index (Phi) is 3.19. The highest BCUT2D eigenvalue weighted by Crippen LogP contribution is 2.16. The van der Waals surface area contributed by atoms with Gasteiger partial charge in [-0.05, 0) is 30.7 Å². The van der Waals surface area contributed by atoms with Gasteiger partial charge in [0.15, 0.2) is 0 Å². The molecule has 1 aromatic carbocycles. The first-order valence-corrected chi connectivity index (χ1v) is 5.33. The van der Waals surface area contributed by atoms with E-state index >= 15 is 0 Å². The lowest BCUT2D eigenvalue weighted by molar-refractivity contribution is 0.103. The summed E-state index contributed by atoms with van der Waals surface area (Å²) in [5.74, 6) is 0.589. The van der Waals surface area contributed by atoms with Gasteiger partial charge in [0.05, 0.1) is 7.11 Å². The van der Waals surface area contributed by atoms with Crippen molar-refractivity contribution in [2.24, 2.45) is 0 Å². The second kappa shape index (κ2) is 4.78. The molecule has 0 aliphatic rings. The van der Waals surface area contributed by atoms with E-state index in [0.29, 0.717) is 17.0 Å². The Hall–Kier alpha value is -2.16. The predicted octanol–water partition coefficient (Wildman–Crippen LogP) is 2.63. The van der Waals surface area contributed by atoms with Crippen molar-refractivity contribution in [1.82, 2.24) is 4.98 Å². The number of hydrogen-bond donors (Lipinski definition) is 0. The molecule has 0 saturated heterocycles. The molecule has 0 aliphatic carbocycles. The topological polar surface area (TPSA) is 39.2 Å². The molecule has 2 aromatic rings. The number of hydrogen-bond acceptors (Lipinski definition) is 3. The fourth-order valence-corrected chi connectivity index (χ4v) is 1.62. The number of benzene rings is 1. The third kappa shape index (κ3) is 2.33. The number of aromatic nitrogens is 1. The van der Waals surface area contributed by atoms with Crippen LogP contribution in [0.25, 0.3) is 0 Å². The van der Waals surface area contributed by atoms with Crippen LogP contribution in [0.15, 0.2) is 42.6 Å². The van der Waals surface area contributed by atoms with Crippen molar-refractivity contribution in [2.45, 2.75) is 6.92 Å². The number of methoxy groups -OCH3 is 1. The fourth-order valence-electron chi connectivity index (χ4n) is 1.62. The van der Waals surface area contributed by atoms with Crippen molar-refractivity contribution >= 4 is 5.78 Å². The minimum absolute atomic E-state index is 0.0815. The molecular weight excluding hydrogens is 214 g/mol. The van der Waals surface area contributed by atoms with Crippen LogP contribution in [0.3, 0.4) is 0 Å². The van der Waals surface area contributed by atoms with Gasteiger partial charge in [0, 0.05) is 11.8 Å². The van der Waals surface area contributed by atoms with Crippen LogP contribution in [0.2, 0.25) is 0 Å². The van der Waals surface area contributed by atoms with E-state index in [2.05, 4.69) is 4.98 Å². The lowest BCUT2D eigenvalue weighted by Crippen LogP contribution is -2.06. The molecule has 0 N–H and O–H groups in total. The second-order valence-electron chi connectivity index (χ2n) is 3.73. The Morgan fingerprint density at radius 2 is 2.06 bits per heavy atom. The average Bonchev–Trinajstić information content (AvgIpc) is 2.38. The summed E-state index contributed by atoms with van der Waals surface area (Å²) < 4.78 is 5.10. The van der Waals surface area contributed by atoms with Crippen molar-refractivity contribution in [2.75, 3.05) is 7.11 Å². The highest BCUT2D eigenvalue weighted by molar-refractivity contribution is 6.08. The lowest BCUT2D eigenvalue weighted by atomic mass is 10.0. The van der Waals surface area contributed by atoms with Crippen LogP contribution in [0, 0.1) is 6.92 Å². The molecule has 3 nitrogen and oxygen atoms in total.